The zero-order chi connectivity index (χ0) is 13.1. The predicted molar refractivity (Wildman–Crippen MR) is 61.6 cm³/mol. The molecule has 0 aromatic heterocycles. The molecule has 0 saturated heterocycles. The van der Waals surface area contributed by atoms with Gasteiger partial charge >= 0.3 is 6.18 Å². The molecule has 1 fully saturated rings. The van der Waals surface area contributed by atoms with Crippen LogP contribution in [0.25, 0.3) is 0 Å². The van der Waals surface area contributed by atoms with Gasteiger partial charge in [-0.1, -0.05) is 25.5 Å². The molecule has 0 radical (unpaired) electrons. The molecule has 17 heavy (non-hydrogen) atoms. The smallest absolute Gasteiger partial charge is 0.391 e. The van der Waals surface area contributed by atoms with Crippen molar-refractivity contribution in [2.24, 2.45) is 11.8 Å². The van der Waals surface area contributed by atoms with E-state index in [1.54, 1.807) is 0 Å². The fourth-order valence-corrected chi connectivity index (χ4v) is 2.48. The summed E-state index contributed by atoms with van der Waals surface area (Å²) in [7, 11) is 0. The van der Waals surface area contributed by atoms with Crippen molar-refractivity contribution < 1.29 is 18.3 Å². The molecular formula is C13H21F3O. The molecule has 1 saturated carbocycles. The maximum absolute atomic E-state index is 12.6. The highest BCUT2D eigenvalue weighted by Gasteiger charge is 2.43. The van der Waals surface area contributed by atoms with Crippen LogP contribution in [0.3, 0.4) is 0 Å². The van der Waals surface area contributed by atoms with Crippen molar-refractivity contribution in [1.82, 2.24) is 0 Å². The van der Waals surface area contributed by atoms with Gasteiger partial charge in [-0.2, -0.15) is 13.2 Å². The first-order valence-corrected chi connectivity index (χ1v) is 6.26. The Balaban J connectivity index is 2.51. The van der Waals surface area contributed by atoms with Crippen molar-refractivity contribution in [3.05, 3.63) is 12.2 Å². The van der Waals surface area contributed by atoms with E-state index >= 15 is 0 Å². The molecule has 3 atom stereocenters. The van der Waals surface area contributed by atoms with E-state index in [9.17, 15) is 18.3 Å². The SMILES string of the molecule is C=C(CC)CC(O)C1CCCC(C(F)(F)F)C1. The molecule has 0 bridgehead atoms. The second kappa shape index (κ2) is 5.89. The third-order valence-corrected chi connectivity index (χ3v) is 3.72. The first kappa shape index (κ1) is 14.6. The van der Waals surface area contributed by atoms with Crippen LogP contribution in [0.1, 0.15) is 45.4 Å². The standard InChI is InChI=1S/C13H21F3O/c1-3-9(2)7-12(17)10-5-4-6-11(8-10)13(14,15)16/h10-12,17H,2-8H2,1H3. The summed E-state index contributed by atoms with van der Waals surface area (Å²) in [5.74, 6) is -1.45. The molecule has 1 aliphatic rings. The zero-order valence-electron chi connectivity index (χ0n) is 10.3. The topological polar surface area (TPSA) is 20.2 Å². The summed E-state index contributed by atoms with van der Waals surface area (Å²) in [4.78, 5) is 0. The highest BCUT2D eigenvalue weighted by Crippen LogP contribution is 2.41. The molecule has 1 N–H and O–H groups in total. The minimum atomic E-state index is -4.11. The van der Waals surface area contributed by atoms with Crippen LogP contribution < -0.4 is 0 Å². The maximum Gasteiger partial charge on any atom is 0.391 e. The van der Waals surface area contributed by atoms with Crippen LogP contribution in [0.5, 0.6) is 0 Å². The van der Waals surface area contributed by atoms with Gasteiger partial charge < -0.3 is 5.11 Å². The van der Waals surface area contributed by atoms with Crippen LogP contribution in [-0.2, 0) is 0 Å². The van der Waals surface area contributed by atoms with Crippen LogP contribution in [-0.4, -0.2) is 17.4 Å². The van der Waals surface area contributed by atoms with Gasteiger partial charge in [-0.15, -0.1) is 0 Å². The second-order valence-corrected chi connectivity index (χ2v) is 5.04. The van der Waals surface area contributed by atoms with E-state index in [1.165, 1.54) is 0 Å². The largest absolute Gasteiger partial charge is 0.393 e. The minimum Gasteiger partial charge on any atom is -0.393 e. The monoisotopic (exact) mass is 250 g/mol. The van der Waals surface area contributed by atoms with Crippen molar-refractivity contribution in [2.45, 2.75) is 57.7 Å². The fourth-order valence-electron chi connectivity index (χ4n) is 2.48. The quantitative estimate of drug-likeness (QED) is 0.746. The first-order valence-electron chi connectivity index (χ1n) is 6.26. The number of aliphatic hydroxyl groups is 1. The van der Waals surface area contributed by atoms with Crippen LogP contribution in [0, 0.1) is 11.8 Å². The summed E-state index contributed by atoms with van der Waals surface area (Å²) >= 11 is 0. The number of rotatable bonds is 4. The fraction of sp³-hybridized carbons (Fsp3) is 0.846. The van der Waals surface area contributed by atoms with Crippen molar-refractivity contribution in [3.63, 3.8) is 0 Å². The summed E-state index contributed by atoms with van der Waals surface area (Å²) in [6.07, 6.45) is -2.02. The number of alkyl halides is 3. The Bertz CT molecular complexity index is 260. The average Bonchev–Trinajstić information content (AvgIpc) is 2.28. The third-order valence-electron chi connectivity index (χ3n) is 3.72. The van der Waals surface area contributed by atoms with Gasteiger partial charge in [0, 0.05) is 0 Å². The van der Waals surface area contributed by atoms with E-state index in [-0.39, 0.29) is 18.8 Å². The molecule has 0 spiro atoms. The van der Waals surface area contributed by atoms with E-state index in [0.717, 1.165) is 12.0 Å². The summed E-state index contributed by atoms with van der Waals surface area (Å²) < 4.78 is 37.8. The molecule has 4 heteroatoms. The van der Waals surface area contributed by atoms with Gasteiger partial charge in [-0.25, -0.2) is 0 Å². The number of halogens is 3. The molecule has 0 aromatic rings. The molecule has 0 amide bonds. The van der Waals surface area contributed by atoms with Crippen molar-refractivity contribution >= 4 is 0 Å². The summed E-state index contributed by atoms with van der Waals surface area (Å²) in [5, 5.41) is 9.93. The van der Waals surface area contributed by atoms with Crippen LogP contribution in [0.15, 0.2) is 12.2 Å². The lowest BCUT2D eigenvalue weighted by molar-refractivity contribution is -0.188. The lowest BCUT2D eigenvalue weighted by Crippen LogP contribution is -2.33. The highest BCUT2D eigenvalue weighted by molar-refractivity contribution is 4.96. The molecular weight excluding hydrogens is 229 g/mol. The van der Waals surface area contributed by atoms with Gasteiger partial charge in [-0.05, 0) is 38.0 Å². The lowest BCUT2D eigenvalue weighted by atomic mass is 9.77. The van der Waals surface area contributed by atoms with Crippen LogP contribution in [0.2, 0.25) is 0 Å². The molecule has 0 aliphatic heterocycles. The number of hydrogen-bond acceptors (Lipinski definition) is 1. The molecule has 1 rings (SSSR count). The number of hydrogen-bond donors (Lipinski definition) is 1. The summed E-state index contributed by atoms with van der Waals surface area (Å²) in [6.45, 7) is 5.73. The van der Waals surface area contributed by atoms with Crippen molar-refractivity contribution in [1.29, 1.82) is 0 Å². The molecule has 1 nitrogen and oxygen atoms in total. The lowest BCUT2D eigenvalue weighted by Gasteiger charge is -2.33. The summed E-state index contributed by atoms with van der Waals surface area (Å²) in [6, 6.07) is 0. The van der Waals surface area contributed by atoms with Gasteiger partial charge in [-0.3, -0.25) is 0 Å². The van der Waals surface area contributed by atoms with E-state index in [4.69, 9.17) is 0 Å². The Morgan fingerprint density at radius 3 is 2.59 bits per heavy atom. The highest BCUT2D eigenvalue weighted by atomic mass is 19.4. The van der Waals surface area contributed by atoms with E-state index in [2.05, 4.69) is 6.58 Å². The Kier molecular flexibility index (Phi) is 5.04. The molecule has 1 aliphatic carbocycles. The maximum atomic E-state index is 12.6. The van der Waals surface area contributed by atoms with Crippen LogP contribution in [0.4, 0.5) is 13.2 Å². The number of aliphatic hydroxyl groups excluding tert-OH is 1. The van der Waals surface area contributed by atoms with Gasteiger partial charge in [0.05, 0.1) is 12.0 Å². The first-order chi connectivity index (χ1) is 7.84. The van der Waals surface area contributed by atoms with Gasteiger partial charge in [0.25, 0.3) is 0 Å². The van der Waals surface area contributed by atoms with Gasteiger partial charge in [0.15, 0.2) is 0 Å². The second-order valence-electron chi connectivity index (χ2n) is 5.04. The Hall–Kier alpha value is -0.510. The molecule has 0 aromatic carbocycles. The van der Waals surface area contributed by atoms with E-state index < -0.39 is 18.2 Å². The van der Waals surface area contributed by atoms with Crippen LogP contribution >= 0.6 is 0 Å². The minimum absolute atomic E-state index is 0.0711. The van der Waals surface area contributed by atoms with Crippen molar-refractivity contribution in [2.75, 3.05) is 0 Å². The van der Waals surface area contributed by atoms with Gasteiger partial charge in [0.1, 0.15) is 0 Å². The normalized spacial score (nSPS) is 27.8. The molecule has 100 valence electrons. The predicted octanol–water partition coefficient (Wildman–Crippen LogP) is 4.07. The van der Waals surface area contributed by atoms with E-state index in [1.807, 2.05) is 6.92 Å². The molecule has 3 unspecified atom stereocenters. The third kappa shape index (κ3) is 4.34. The zero-order valence-corrected chi connectivity index (χ0v) is 10.3. The van der Waals surface area contributed by atoms with Crippen molar-refractivity contribution in [3.8, 4) is 0 Å². The molecule has 0 heterocycles. The Morgan fingerprint density at radius 2 is 2.06 bits per heavy atom. The summed E-state index contributed by atoms with van der Waals surface area (Å²) in [5.41, 5.74) is 0.909. The Labute approximate surface area is 101 Å². The Morgan fingerprint density at radius 1 is 1.41 bits per heavy atom. The van der Waals surface area contributed by atoms with Gasteiger partial charge in [0.2, 0.25) is 0 Å². The van der Waals surface area contributed by atoms with E-state index in [0.29, 0.717) is 19.3 Å². The average molecular weight is 250 g/mol.